The van der Waals surface area contributed by atoms with Crippen LogP contribution < -0.4 is 20.3 Å². The van der Waals surface area contributed by atoms with E-state index in [2.05, 4.69) is 13.8 Å². The summed E-state index contributed by atoms with van der Waals surface area (Å²) in [5, 5.41) is 0. The molecule has 0 aliphatic rings. The van der Waals surface area contributed by atoms with Crippen molar-refractivity contribution in [2.24, 2.45) is 0 Å². The van der Waals surface area contributed by atoms with Crippen LogP contribution in [0.5, 0.6) is 11.5 Å². The summed E-state index contributed by atoms with van der Waals surface area (Å²) < 4.78 is 12.4. The molecule has 112 valence electrons. The van der Waals surface area contributed by atoms with Crippen molar-refractivity contribution in [2.75, 3.05) is 11.5 Å². The fourth-order valence-corrected chi connectivity index (χ4v) is 4.31. The van der Waals surface area contributed by atoms with E-state index in [4.69, 9.17) is 20.3 Å². The molecule has 2 rings (SSSR count). The summed E-state index contributed by atoms with van der Waals surface area (Å²) in [7, 11) is -2.34. The fraction of sp³-hybridized carbons (Fsp3) is 0.250. The molecule has 0 fully saturated rings. The van der Waals surface area contributed by atoms with Crippen LogP contribution in [0.2, 0.25) is 12.1 Å². The van der Waals surface area contributed by atoms with Gasteiger partial charge in [-0.3, -0.25) is 0 Å². The van der Waals surface area contributed by atoms with Crippen molar-refractivity contribution >= 4 is 19.9 Å². The van der Waals surface area contributed by atoms with Gasteiger partial charge in [0.1, 0.15) is 11.5 Å². The molecule has 0 heterocycles. The topological polar surface area (TPSA) is 70.5 Å². The number of anilines is 2. The van der Waals surface area contributed by atoms with Crippen LogP contribution in [-0.4, -0.2) is 8.56 Å². The SMILES string of the molecule is CC[Si](CC)(Oc1ccc(N)cc1)Oc1ccc(N)cc1. The van der Waals surface area contributed by atoms with E-state index in [1.807, 2.05) is 48.5 Å². The van der Waals surface area contributed by atoms with E-state index >= 15 is 0 Å². The number of benzene rings is 2. The molecule has 2 aromatic rings. The Kier molecular flexibility index (Phi) is 4.75. The summed E-state index contributed by atoms with van der Waals surface area (Å²) in [6.07, 6.45) is 0. The molecule has 0 saturated carbocycles. The summed E-state index contributed by atoms with van der Waals surface area (Å²) in [6.45, 7) is 4.20. The molecule has 0 amide bonds. The highest BCUT2D eigenvalue weighted by atomic mass is 28.4. The molecule has 0 aromatic heterocycles. The number of hydrogen-bond acceptors (Lipinski definition) is 4. The molecule has 0 aliphatic carbocycles. The van der Waals surface area contributed by atoms with Gasteiger partial charge in [0, 0.05) is 23.5 Å². The van der Waals surface area contributed by atoms with E-state index in [9.17, 15) is 0 Å². The number of nitrogens with two attached hydrogens (primary N) is 2. The second-order valence-electron chi connectivity index (χ2n) is 4.96. The zero-order valence-corrected chi connectivity index (χ0v) is 13.5. The fourth-order valence-electron chi connectivity index (χ4n) is 2.06. The monoisotopic (exact) mass is 302 g/mol. The van der Waals surface area contributed by atoms with E-state index < -0.39 is 8.56 Å². The average molecular weight is 302 g/mol. The Labute approximate surface area is 126 Å². The zero-order chi connectivity index (χ0) is 15.3. The third-order valence-corrected chi connectivity index (χ3v) is 6.82. The van der Waals surface area contributed by atoms with Gasteiger partial charge in [0.2, 0.25) is 0 Å². The molecular weight excluding hydrogens is 280 g/mol. The standard InChI is InChI=1S/C16H22N2O2Si/c1-3-21(4-2,19-15-9-5-13(17)6-10-15)20-16-11-7-14(18)8-12-16/h5-12H,3-4,17-18H2,1-2H3. The van der Waals surface area contributed by atoms with E-state index in [1.54, 1.807) is 0 Å². The molecule has 5 heteroatoms. The van der Waals surface area contributed by atoms with Gasteiger partial charge in [-0.25, -0.2) is 0 Å². The van der Waals surface area contributed by atoms with Gasteiger partial charge in [-0.15, -0.1) is 0 Å². The van der Waals surface area contributed by atoms with Gasteiger partial charge in [-0.2, -0.15) is 0 Å². The predicted octanol–water partition coefficient (Wildman–Crippen LogP) is 3.79. The first-order valence-corrected chi connectivity index (χ1v) is 9.39. The van der Waals surface area contributed by atoms with Gasteiger partial charge >= 0.3 is 8.56 Å². The van der Waals surface area contributed by atoms with Crippen LogP contribution in [0.3, 0.4) is 0 Å². The van der Waals surface area contributed by atoms with Crippen LogP contribution >= 0.6 is 0 Å². The van der Waals surface area contributed by atoms with Crippen molar-refractivity contribution in [3.63, 3.8) is 0 Å². The average Bonchev–Trinajstić information content (AvgIpc) is 2.51. The van der Waals surface area contributed by atoms with Crippen LogP contribution in [-0.2, 0) is 0 Å². The van der Waals surface area contributed by atoms with Gasteiger partial charge in [-0.05, 0) is 48.5 Å². The largest absolute Gasteiger partial charge is 0.512 e. The van der Waals surface area contributed by atoms with E-state index in [0.717, 1.165) is 35.0 Å². The van der Waals surface area contributed by atoms with Crippen molar-refractivity contribution in [3.8, 4) is 11.5 Å². The van der Waals surface area contributed by atoms with E-state index in [-0.39, 0.29) is 0 Å². The van der Waals surface area contributed by atoms with Crippen molar-refractivity contribution in [3.05, 3.63) is 48.5 Å². The number of nitrogen functional groups attached to an aromatic ring is 2. The Morgan fingerprint density at radius 2 is 1.05 bits per heavy atom. The van der Waals surface area contributed by atoms with Gasteiger partial charge in [0.25, 0.3) is 0 Å². The number of hydrogen-bond donors (Lipinski definition) is 2. The van der Waals surface area contributed by atoms with Crippen LogP contribution in [0, 0.1) is 0 Å². The van der Waals surface area contributed by atoms with Crippen molar-refractivity contribution < 1.29 is 8.85 Å². The summed E-state index contributed by atoms with van der Waals surface area (Å²) in [5.41, 5.74) is 12.9. The molecule has 4 nitrogen and oxygen atoms in total. The van der Waals surface area contributed by atoms with Crippen LogP contribution in [0.1, 0.15) is 13.8 Å². The maximum absolute atomic E-state index is 6.22. The Bertz CT molecular complexity index is 516. The quantitative estimate of drug-likeness (QED) is 0.629. The Morgan fingerprint density at radius 3 is 1.33 bits per heavy atom. The lowest BCUT2D eigenvalue weighted by Crippen LogP contribution is -2.47. The molecule has 21 heavy (non-hydrogen) atoms. The van der Waals surface area contributed by atoms with E-state index in [0.29, 0.717) is 0 Å². The predicted molar refractivity (Wildman–Crippen MR) is 89.7 cm³/mol. The minimum absolute atomic E-state index is 0.724. The molecule has 0 aliphatic heterocycles. The highest BCUT2D eigenvalue weighted by Gasteiger charge is 2.38. The summed E-state index contributed by atoms with van der Waals surface area (Å²) in [5.74, 6) is 1.60. The Morgan fingerprint density at radius 1 is 0.714 bits per heavy atom. The Balaban J connectivity index is 2.19. The Hall–Kier alpha value is -2.14. The molecule has 0 bridgehead atoms. The normalized spacial score (nSPS) is 11.1. The lowest BCUT2D eigenvalue weighted by molar-refractivity contribution is 0.381. The molecule has 0 unspecified atom stereocenters. The van der Waals surface area contributed by atoms with Gasteiger partial charge in [0.05, 0.1) is 0 Å². The highest BCUT2D eigenvalue weighted by molar-refractivity contribution is 6.68. The molecular formula is C16H22N2O2Si. The van der Waals surface area contributed by atoms with Gasteiger partial charge in [-0.1, -0.05) is 13.8 Å². The summed E-state index contributed by atoms with van der Waals surface area (Å²) in [6, 6.07) is 16.6. The second-order valence-corrected chi connectivity index (χ2v) is 8.60. The lowest BCUT2D eigenvalue weighted by atomic mass is 10.3. The molecule has 0 radical (unpaired) electrons. The maximum Gasteiger partial charge on any atom is 0.459 e. The van der Waals surface area contributed by atoms with Gasteiger partial charge in [0.15, 0.2) is 0 Å². The minimum atomic E-state index is -2.34. The summed E-state index contributed by atoms with van der Waals surface area (Å²) in [4.78, 5) is 0. The molecule has 4 N–H and O–H groups in total. The van der Waals surface area contributed by atoms with Crippen molar-refractivity contribution in [1.82, 2.24) is 0 Å². The smallest absolute Gasteiger partial charge is 0.459 e. The lowest BCUT2D eigenvalue weighted by Gasteiger charge is -2.30. The maximum atomic E-state index is 6.22. The van der Waals surface area contributed by atoms with Crippen LogP contribution in [0.15, 0.2) is 48.5 Å². The van der Waals surface area contributed by atoms with Crippen molar-refractivity contribution in [1.29, 1.82) is 0 Å². The first kappa shape index (κ1) is 15.2. The highest BCUT2D eigenvalue weighted by Crippen LogP contribution is 2.26. The van der Waals surface area contributed by atoms with Crippen LogP contribution in [0.25, 0.3) is 0 Å². The third kappa shape index (κ3) is 3.92. The van der Waals surface area contributed by atoms with Crippen molar-refractivity contribution in [2.45, 2.75) is 25.9 Å². The molecule has 0 spiro atoms. The molecule has 2 aromatic carbocycles. The summed E-state index contributed by atoms with van der Waals surface area (Å²) >= 11 is 0. The zero-order valence-electron chi connectivity index (χ0n) is 12.5. The second kappa shape index (κ2) is 6.54. The van der Waals surface area contributed by atoms with Crippen LogP contribution in [0.4, 0.5) is 11.4 Å². The number of rotatable bonds is 6. The first-order valence-electron chi connectivity index (χ1n) is 7.16. The minimum Gasteiger partial charge on any atom is -0.512 e. The van der Waals surface area contributed by atoms with E-state index in [1.165, 1.54) is 0 Å². The third-order valence-electron chi connectivity index (χ3n) is 3.45. The molecule has 0 saturated heterocycles. The first-order chi connectivity index (χ1) is 10.1. The van der Waals surface area contributed by atoms with Gasteiger partial charge < -0.3 is 20.3 Å². The molecule has 0 atom stereocenters.